The van der Waals surface area contributed by atoms with E-state index >= 15 is 0 Å². The van der Waals surface area contributed by atoms with Crippen molar-refractivity contribution in [3.05, 3.63) is 53.1 Å². The molecule has 0 aliphatic carbocycles. The number of aryl methyl sites for hydroxylation is 1. The van der Waals surface area contributed by atoms with E-state index in [-0.39, 0.29) is 11.9 Å². The van der Waals surface area contributed by atoms with Gasteiger partial charge in [0, 0.05) is 17.5 Å². The van der Waals surface area contributed by atoms with Gasteiger partial charge in [0.1, 0.15) is 16.5 Å². The molecule has 1 aliphatic heterocycles. The predicted octanol–water partition coefficient (Wildman–Crippen LogP) is 3.21. The van der Waals surface area contributed by atoms with Crippen LogP contribution in [-0.2, 0) is 0 Å². The number of carbonyl (C=O) groups excluding carboxylic acids is 1. The van der Waals surface area contributed by atoms with Crippen molar-refractivity contribution in [3.63, 3.8) is 0 Å². The quantitative estimate of drug-likeness (QED) is 0.795. The molecule has 3 heterocycles. The molecule has 0 unspecified atom stereocenters. The molecular weight excluding hydrogens is 322 g/mol. The van der Waals surface area contributed by atoms with E-state index in [9.17, 15) is 4.79 Å². The van der Waals surface area contributed by atoms with Crippen molar-refractivity contribution in [1.82, 2.24) is 25.1 Å². The molecule has 1 aromatic carbocycles. The zero-order valence-corrected chi connectivity index (χ0v) is 14.1. The van der Waals surface area contributed by atoms with Gasteiger partial charge in [0.05, 0.1) is 6.04 Å². The van der Waals surface area contributed by atoms with Crippen molar-refractivity contribution >= 4 is 17.2 Å². The minimum Gasteiger partial charge on any atom is -0.327 e. The van der Waals surface area contributed by atoms with Gasteiger partial charge in [-0.1, -0.05) is 30.3 Å². The van der Waals surface area contributed by atoms with Crippen LogP contribution in [0, 0.1) is 6.92 Å². The van der Waals surface area contributed by atoms with Crippen LogP contribution in [0.15, 0.2) is 35.7 Å². The first-order valence-electron chi connectivity index (χ1n) is 7.93. The van der Waals surface area contributed by atoms with Gasteiger partial charge in [-0.25, -0.2) is 9.97 Å². The Bertz CT molecular complexity index is 857. The minimum absolute atomic E-state index is 0.0432. The van der Waals surface area contributed by atoms with E-state index < -0.39 is 0 Å². The lowest BCUT2D eigenvalue weighted by molar-refractivity contribution is 0.0725. The summed E-state index contributed by atoms with van der Waals surface area (Å²) in [5, 5.41) is 9.79. The summed E-state index contributed by atoms with van der Waals surface area (Å²) in [7, 11) is 0. The van der Waals surface area contributed by atoms with Crippen LogP contribution in [0.25, 0.3) is 10.6 Å². The van der Waals surface area contributed by atoms with Gasteiger partial charge >= 0.3 is 0 Å². The first-order valence-corrected chi connectivity index (χ1v) is 8.81. The number of thiazole rings is 1. The van der Waals surface area contributed by atoms with E-state index in [1.807, 2.05) is 47.5 Å². The summed E-state index contributed by atoms with van der Waals surface area (Å²) in [6.45, 7) is 2.58. The molecule has 0 bridgehead atoms. The monoisotopic (exact) mass is 339 g/mol. The van der Waals surface area contributed by atoms with Crippen molar-refractivity contribution < 1.29 is 4.79 Å². The zero-order valence-electron chi connectivity index (χ0n) is 13.3. The fraction of sp³-hybridized carbons (Fsp3) is 0.294. The fourth-order valence-electron chi connectivity index (χ4n) is 3.02. The predicted molar refractivity (Wildman–Crippen MR) is 91.7 cm³/mol. The fourth-order valence-corrected chi connectivity index (χ4v) is 3.82. The molecule has 0 saturated carbocycles. The van der Waals surface area contributed by atoms with Gasteiger partial charge in [-0.2, -0.15) is 5.10 Å². The van der Waals surface area contributed by atoms with Crippen molar-refractivity contribution in [2.24, 2.45) is 0 Å². The van der Waals surface area contributed by atoms with Gasteiger partial charge in [0.25, 0.3) is 5.91 Å². The number of likely N-dealkylation sites (tertiary alicyclic amines) is 1. The standard InChI is InChI=1S/C17H17N5OS/c1-11-18-15(21-20-11)14-8-5-9-22(14)17(23)13-10-24-16(19-13)12-6-3-2-4-7-12/h2-4,6-7,10,14H,5,8-9H2,1H3,(H,18,20,21)/t14-/m1/s1. The lowest BCUT2D eigenvalue weighted by Crippen LogP contribution is -2.31. The molecule has 3 aromatic rings. The van der Waals surface area contributed by atoms with Crippen LogP contribution in [-0.4, -0.2) is 37.5 Å². The molecule has 1 aliphatic rings. The second-order valence-corrected chi connectivity index (χ2v) is 6.70. The van der Waals surface area contributed by atoms with Crippen LogP contribution in [0.4, 0.5) is 0 Å². The number of hydrogen-bond acceptors (Lipinski definition) is 5. The first kappa shape index (κ1) is 15.0. The molecule has 1 amide bonds. The van der Waals surface area contributed by atoms with Crippen molar-refractivity contribution in [2.75, 3.05) is 6.54 Å². The van der Waals surface area contributed by atoms with E-state index in [0.29, 0.717) is 11.5 Å². The molecule has 1 fully saturated rings. The van der Waals surface area contributed by atoms with Crippen LogP contribution in [0.3, 0.4) is 0 Å². The van der Waals surface area contributed by atoms with Crippen molar-refractivity contribution in [1.29, 1.82) is 0 Å². The minimum atomic E-state index is -0.0654. The third kappa shape index (κ3) is 2.71. The maximum atomic E-state index is 12.9. The van der Waals surface area contributed by atoms with Crippen LogP contribution in [0.5, 0.6) is 0 Å². The van der Waals surface area contributed by atoms with Gasteiger partial charge in [0.2, 0.25) is 0 Å². The average molecular weight is 339 g/mol. The topological polar surface area (TPSA) is 74.8 Å². The van der Waals surface area contributed by atoms with Crippen LogP contribution < -0.4 is 0 Å². The Morgan fingerprint density at radius 1 is 1.29 bits per heavy atom. The van der Waals surface area contributed by atoms with Gasteiger partial charge in [-0.05, 0) is 19.8 Å². The summed E-state index contributed by atoms with van der Waals surface area (Å²) in [5.74, 6) is 1.42. The number of rotatable bonds is 3. The summed E-state index contributed by atoms with van der Waals surface area (Å²) in [5.41, 5.74) is 1.53. The first-order chi connectivity index (χ1) is 11.7. The molecule has 24 heavy (non-hydrogen) atoms. The van der Waals surface area contributed by atoms with Crippen LogP contribution >= 0.6 is 11.3 Å². The Morgan fingerprint density at radius 2 is 2.12 bits per heavy atom. The molecule has 122 valence electrons. The van der Waals surface area contributed by atoms with E-state index in [1.54, 1.807) is 0 Å². The number of carbonyl (C=O) groups is 1. The molecule has 6 nitrogen and oxygen atoms in total. The van der Waals surface area contributed by atoms with E-state index in [0.717, 1.165) is 35.8 Å². The second kappa shape index (κ2) is 6.16. The maximum Gasteiger partial charge on any atom is 0.273 e. The van der Waals surface area contributed by atoms with Crippen LogP contribution in [0.2, 0.25) is 0 Å². The Kier molecular flexibility index (Phi) is 3.86. The highest BCUT2D eigenvalue weighted by atomic mass is 32.1. The number of hydrogen-bond donors (Lipinski definition) is 1. The summed E-state index contributed by atoms with van der Waals surface area (Å²) in [6, 6.07) is 9.85. The normalized spacial score (nSPS) is 17.4. The smallest absolute Gasteiger partial charge is 0.273 e. The van der Waals surface area contributed by atoms with Gasteiger partial charge in [0.15, 0.2) is 5.82 Å². The average Bonchev–Trinajstić information content (AvgIpc) is 3.35. The lowest BCUT2D eigenvalue weighted by Gasteiger charge is -2.21. The number of aromatic amines is 1. The Morgan fingerprint density at radius 3 is 2.88 bits per heavy atom. The SMILES string of the molecule is Cc1nc([C@H]2CCCN2C(=O)c2csc(-c3ccccc3)n2)n[nH]1. The van der Waals surface area contributed by atoms with Crippen molar-refractivity contribution in [2.45, 2.75) is 25.8 Å². The number of nitrogens with zero attached hydrogens (tertiary/aromatic N) is 4. The third-order valence-corrected chi connectivity index (χ3v) is 5.06. The Labute approximate surface area is 143 Å². The lowest BCUT2D eigenvalue weighted by atomic mass is 10.2. The largest absolute Gasteiger partial charge is 0.327 e. The molecule has 0 spiro atoms. The highest BCUT2D eigenvalue weighted by Gasteiger charge is 2.34. The summed E-state index contributed by atoms with van der Waals surface area (Å²) >= 11 is 1.49. The molecule has 4 rings (SSSR count). The number of H-pyrrole nitrogens is 1. The molecule has 1 atom stereocenters. The van der Waals surface area contributed by atoms with E-state index in [4.69, 9.17) is 0 Å². The van der Waals surface area contributed by atoms with Gasteiger partial charge in [-0.3, -0.25) is 9.89 Å². The third-order valence-electron chi connectivity index (χ3n) is 4.17. The van der Waals surface area contributed by atoms with Crippen LogP contribution in [0.1, 0.15) is 41.0 Å². The molecule has 1 N–H and O–H groups in total. The van der Waals surface area contributed by atoms with Gasteiger partial charge < -0.3 is 4.90 Å². The number of nitrogens with one attached hydrogen (secondary N) is 1. The van der Waals surface area contributed by atoms with Crippen molar-refractivity contribution in [3.8, 4) is 10.6 Å². The number of amides is 1. The molecule has 1 saturated heterocycles. The maximum absolute atomic E-state index is 12.9. The Balaban J connectivity index is 1.58. The molecular formula is C17H17N5OS. The summed E-state index contributed by atoms with van der Waals surface area (Å²) in [4.78, 5) is 23.7. The number of benzene rings is 1. The van der Waals surface area contributed by atoms with E-state index in [2.05, 4.69) is 20.2 Å². The second-order valence-electron chi connectivity index (χ2n) is 5.84. The Hall–Kier alpha value is -2.54. The summed E-state index contributed by atoms with van der Waals surface area (Å²) < 4.78 is 0. The number of aromatic nitrogens is 4. The van der Waals surface area contributed by atoms with Gasteiger partial charge in [-0.15, -0.1) is 11.3 Å². The van der Waals surface area contributed by atoms with E-state index in [1.165, 1.54) is 11.3 Å². The zero-order chi connectivity index (χ0) is 16.5. The highest BCUT2D eigenvalue weighted by molar-refractivity contribution is 7.13. The molecule has 7 heteroatoms. The molecule has 2 aromatic heterocycles. The highest BCUT2D eigenvalue weighted by Crippen LogP contribution is 2.32. The molecule has 0 radical (unpaired) electrons. The summed E-state index contributed by atoms with van der Waals surface area (Å²) in [6.07, 6.45) is 1.85.